The summed E-state index contributed by atoms with van der Waals surface area (Å²) in [7, 11) is 0. The molecule has 9 nitrogen and oxygen atoms in total. The van der Waals surface area contributed by atoms with E-state index >= 15 is 0 Å². The van der Waals surface area contributed by atoms with Crippen LogP contribution in [0.25, 0.3) is 0 Å². The van der Waals surface area contributed by atoms with Gasteiger partial charge in [-0.2, -0.15) is 0 Å². The average Bonchev–Trinajstić information content (AvgIpc) is 2.73. The van der Waals surface area contributed by atoms with E-state index in [2.05, 4.69) is 5.32 Å². The van der Waals surface area contributed by atoms with E-state index in [0.717, 1.165) is 0 Å². The Bertz CT molecular complexity index is 581. The van der Waals surface area contributed by atoms with Crippen molar-refractivity contribution in [3.05, 3.63) is 0 Å². The number of rotatable bonds is 7. The first-order valence-corrected chi connectivity index (χ1v) is 8.45. The van der Waals surface area contributed by atoms with Crippen molar-refractivity contribution in [2.45, 2.75) is 61.4 Å². The van der Waals surface area contributed by atoms with Crippen LogP contribution in [0.15, 0.2) is 0 Å². The second-order valence-electron chi connectivity index (χ2n) is 6.48. The number of carboxylic acids is 2. The minimum Gasteiger partial charge on any atom is -0.480 e. The van der Waals surface area contributed by atoms with Gasteiger partial charge in [-0.15, -0.1) is 11.8 Å². The molecule has 0 aromatic rings. The zero-order valence-electron chi connectivity index (χ0n) is 13.4. The van der Waals surface area contributed by atoms with E-state index in [4.69, 9.17) is 10.8 Å². The lowest BCUT2D eigenvalue weighted by atomic mass is 9.96. The molecule has 2 fully saturated rings. The Morgan fingerprint density at radius 2 is 2.00 bits per heavy atom. The Morgan fingerprint density at radius 3 is 2.54 bits per heavy atom. The monoisotopic (exact) mass is 359 g/mol. The average molecular weight is 359 g/mol. The van der Waals surface area contributed by atoms with Crippen LogP contribution in [0.5, 0.6) is 0 Å². The summed E-state index contributed by atoms with van der Waals surface area (Å²) in [5.74, 6) is -2.95. The SMILES string of the molecule is CC1(C)SC2[C@H](NC(=O)CCC[C@H](N)C(=O)O)C(=O)N2[C@H]1C(=O)O. The third kappa shape index (κ3) is 3.34. The molecular weight excluding hydrogens is 338 g/mol. The van der Waals surface area contributed by atoms with Gasteiger partial charge < -0.3 is 26.2 Å². The van der Waals surface area contributed by atoms with E-state index in [9.17, 15) is 24.3 Å². The van der Waals surface area contributed by atoms with Gasteiger partial charge in [0.05, 0.1) is 0 Å². The molecule has 5 N–H and O–H groups in total. The molecule has 134 valence electrons. The number of nitrogens with one attached hydrogen (secondary N) is 1. The maximum Gasteiger partial charge on any atom is 0.327 e. The highest BCUT2D eigenvalue weighted by atomic mass is 32.2. The van der Waals surface area contributed by atoms with Crippen molar-refractivity contribution in [3.63, 3.8) is 0 Å². The van der Waals surface area contributed by atoms with E-state index in [1.807, 2.05) is 0 Å². The summed E-state index contributed by atoms with van der Waals surface area (Å²) >= 11 is 1.35. The molecule has 2 amide bonds. The first-order valence-electron chi connectivity index (χ1n) is 7.57. The molecule has 24 heavy (non-hydrogen) atoms. The number of carboxylic acid groups (broad SMARTS) is 2. The number of amides is 2. The van der Waals surface area contributed by atoms with Crippen molar-refractivity contribution < 1.29 is 29.4 Å². The van der Waals surface area contributed by atoms with E-state index in [1.165, 1.54) is 16.7 Å². The molecule has 2 rings (SSSR count). The van der Waals surface area contributed by atoms with Gasteiger partial charge in [0.1, 0.15) is 23.5 Å². The van der Waals surface area contributed by atoms with E-state index < -0.39 is 40.7 Å². The number of fused-ring (bicyclic) bond motifs is 1. The van der Waals surface area contributed by atoms with Crippen molar-refractivity contribution in [3.8, 4) is 0 Å². The topological polar surface area (TPSA) is 150 Å². The Labute approximate surface area is 142 Å². The summed E-state index contributed by atoms with van der Waals surface area (Å²) in [5, 5.41) is 20.2. The maximum atomic E-state index is 12.2. The minimum absolute atomic E-state index is 0.0634. The van der Waals surface area contributed by atoms with Crippen molar-refractivity contribution >= 4 is 35.5 Å². The summed E-state index contributed by atoms with van der Waals surface area (Å²) in [4.78, 5) is 47.4. The summed E-state index contributed by atoms with van der Waals surface area (Å²) < 4.78 is -0.639. The Kier molecular flexibility index (Phi) is 5.09. The number of carbonyl (C=O) groups is 4. The summed E-state index contributed by atoms with van der Waals surface area (Å²) in [6, 6.07) is -2.66. The highest BCUT2D eigenvalue weighted by Gasteiger charge is 2.64. The molecular formula is C14H21N3O6S. The number of nitrogens with two attached hydrogens (primary N) is 1. The quantitative estimate of drug-likeness (QED) is 0.431. The summed E-state index contributed by atoms with van der Waals surface area (Å²) in [6.45, 7) is 3.52. The molecule has 4 atom stereocenters. The van der Waals surface area contributed by atoms with Crippen LogP contribution in [-0.4, -0.2) is 67.1 Å². The fourth-order valence-corrected chi connectivity index (χ4v) is 4.62. The highest BCUT2D eigenvalue weighted by Crippen LogP contribution is 2.50. The van der Waals surface area contributed by atoms with Crippen LogP contribution in [0.1, 0.15) is 33.1 Å². The van der Waals surface area contributed by atoms with Crippen LogP contribution in [0.4, 0.5) is 0 Å². The zero-order valence-corrected chi connectivity index (χ0v) is 14.2. The highest BCUT2D eigenvalue weighted by molar-refractivity contribution is 8.01. The Morgan fingerprint density at radius 1 is 1.38 bits per heavy atom. The Hall–Kier alpha value is -1.81. The molecule has 0 spiro atoms. The molecule has 2 aliphatic heterocycles. The smallest absolute Gasteiger partial charge is 0.327 e. The second-order valence-corrected chi connectivity index (χ2v) is 8.25. The normalized spacial score (nSPS) is 28.7. The number of carbonyl (C=O) groups excluding carboxylic acids is 2. The van der Waals surface area contributed by atoms with Gasteiger partial charge in [-0.1, -0.05) is 0 Å². The van der Waals surface area contributed by atoms with Gasteiger partial charge in [-0.25, -0.2) is 4.79 Å². The lowest BCUT2D eigenvalue weighted by Crippen LogP contribution is -2.70. The molecule has 2 saturated heterocycles. The van der Waals surface area contributed by atoms with Crippen LogP contribution >= 0.6 is 11.8 Å². The molecule has 0 bridgehead atoms. The van der Waals surface area contributed by atoms with Gasteiger partial charge in [-0.05, 0) is 26.7 Å². The Balaban J connectivity index is 1.87. The van der Waals surface area contributed by atoms with E-state index in [1.54, 1.807) is 13.8 Å². The fraction of sp³-hybridized carbons (Fsp3) is 0.714. The second kappa shape index (κ2) is 6.60. The molecule has 0 aliphatic carbocycles. The predicted molar refractivity (Wildman–Crippen MR) is 85.1 cm³/mol. The van der Waals surface area contributed by atoms with Crippen LogP contribution < -0.4 is 11.1 Å². The third-order valence-electron chi connectivity index (χ3n) is 4.23. The summed E-state index contributed by atoms with van der Waals surface area (Å²) in [5.41, 5.74) is 5.36. The first-order chi connectivity index (χ1) is 11.1. The van der Waals surface area contributed by atoms with E-state index in [0.29, 0.717) is 6.42 Å². The van der Waals surface area contributed by atoms with Gasteiger partial charge in [0, 0.05) is 11.2 Å². The standard InChI is InChI=1S/C14H21N3O6S/c1-14(2)9(13(22)23)17-10(19)8(11(17)24-14)16-7(18)5-3-4-6(15)12(20)21/h6,8-9,11H,3-5,15H2,1-2H3,(H,16,18)(H,20,21)(H,22,23)/t6-,8+,9-,11?/m0/s1. The van der Waals surface area contributed by atoms with Crippen LogP contribution in [-0.2, 0) is 19.2 Å². The number of hydrogen-bond donors (Lipinski definition) is 4. The van der Waals surface area contributed by atoms with Crippen LogP contribution in [0.3, 0.4) is 0 Å². The molecule has 10 heteroatoms. The number of thioether (sulfide) groups is 1. The largest absolute Gasteiger partial charge is 0.480 e. The maximum absolute atomic E-state index is 12.2. The van der Waals surface area contributed by atoms with Gasteiger partial charge in [-0.3, -0.25) is 14.4 Å². The van der Waals surface area contributed by atoms with Crippen molar-refractivity contribution in [2.24, 2.45) is 5.73 Å². The third-order valence-corrected chi connectivity index (χ3v) is 5.80. The number of β-lactam (4-membered cyclic amide) rings is 1. The lowest BCUT2D eigenvalue weighted by Gasteiger charge is -2.43. The van der Waals surface area contributed by atoms with Crippen molar-refractivity contribution in [2.75, 3.05) is 0 Å². The number of nitrogens with zero attached hydrogens (tertiary/aromatic N) is 1. The zero-order chi connectivity index (χ0) is 18.2. The number of aliphatic carboxylic acids is 2. The predicted octanol–water partition coefficient (Wildman–Crippen LogP) is -0.800. The van der Waals surface area contributed by atoms with Crippen LogP contribution in [0, 0.1) is 0 Å². The molecule has 0 aromatic heterocycles. The summed E-state index contributed by atoms with van der Waals surface area (Å²) in [6.07, 6.45) is 0.526. The number of hydrogen-bond acceptors (Lipinski definition) is 6. The molecule has 0 aromatic carbocycles. The molecule has 1 unspecified atom stereocenters. The van der Waals surface area contributed by atoms with Gasteiger partial charge in [0.15, 0.2) is 0 Å². The van der Waals surface area contributed by atoms with Gasteiger partial charge in [0.25, 0.3) is 0 Å². The van der Waals surface area contributed by atoms with Gasteiger partial charge >= 0.3 is 11.9 Å². The molecule has 0 saturated carbocycles. The van der Waals surface area contributed by atoms with E-state index in [-0.39, 0.29) is 24.1 Å². The molecule has 2 heterocycles. The molecule has 0 radical (unpaired) electrons. The van der Waals surface area contributed by atoms with Crippen LogP contribution in [0.2, 0.25) is 0 Å². The first kappa shape index (κ1) is 18.5. The van der Waals surface area contributed by atoms with Crippen molar-refractivity contribution in [1.29, 1.82) is 0 Å². The molecule has 2 aliphatic rings. The fourth-order valence-electron chi connectivity index (χ4n) is 3.00. The van der Waals surface area contributed by atoms with Gasteiger partial charge in [0.2, 0.25) is 11.8 Å². The van der Waals surface area contributed by atoms with Crippen molar-refractivity contribution in [1.82, 2.24) is 10.2 Å². The minimum atomic E-state index is -1.12. The lowest BCUT2D eigenvalue weighted by molar-refractivity contribution is -0.161.